The molecule has 2 heterocycles. The third kappa shape index (κ3) is 3.43. The van der Waals surface area contributed by atoms with Crippen molar-refractivity contribution in [3.8, 4) is 0 Å². The monoisotopic (exact) mass is 321 g/mol. The van der Waals surface area contributed by atoms with Crippen LogP contribution in [0.15, 0.2) is 35.2 Å². The fraction of sp³-hybridized carbons (Fsp3) is 0.333. The molecule has 0 saturated carbocycles. The number of carbonyl (C=O) groups excluding carboxylic acids is 1. The van der Waals surface area contributed by atoms with Crippen molar-refractivity contribution in [3.63, 3.8) is 0 Å². The Morgan fingerprint density at radius 1 is 1.24 bits per heavy atom. The minimum Gasteiger partial charge on any atom is -0.336 e. The van der Waals surface area contributed by atoms with Crippen LogP contribution in [0.25, 0.3) is 0 Å². The van der Waals surface area contributed by atoms with E-state index in [4.69, 9.17) is 11.6 Å². The smallest absolute Gasteiger partial charge is 0.255 e. The Hall–Kier alpha value is -1.43. The second-order valence-electron chi connectivity index (χ2n) is 5.03. The maximum atomic E-state index is 12.5. The maximum absolute atomic E-state index is 12.5. The molecule has 0 radical (unpaired) electrons. The Morgan fingerprint density at radius 3 is 2.67 bits per heavy atom. The number of nitrogens with zero attached hydrogens (tertiary/aromatic N) is 3. The highest BCUT2D eigenvalue weighted by atomic mass is 35.5. The van der Waals surface area contributed by atoms with Gasteiger partial charge < -0.3 is 4.90 Å². The fourth-order valence-corrected chi connectivity index (χ4v) is 3.22. The van der Waals surface area contributed by atoms with E-state index in [0.29, 0.717) is 10.6 Å². The summed E-state index contributed by atoms with van der Waals surface area (Å²) in [5.41, 5.74) is 3.55. The molecule has 0 bridgehead atoms. The maximum Gasteiger partial charge on any atom is 0.255 e. The summed E-state index contributed by atoms with van der Waals surface area (Å²) < 4.78 is 0. The Bertz CT molecular complexity index is 609. The van der Waals surface area contributed by atoms with E-state index in [1.807, 2.05) is 22.5 Å². The lowest BCUT2D eigenvalue weighted by molar-refractivity contribution is 0.0627. The number of rotatable bonds is 3. The molecule has 6 heteroatoms. The molecule has 21 heavy (non-hydrogen) atoms. The molecule has 1 aromatic carbocycles. The van der Waals surface area contributed by atoms with E-state index < -0.39 is 0 Å². The molecular weight excluding hydrogens is 306 g/mol. The summed E-state index contributed by atoms with van der Waals surface area (Å²) >= 11 is 7.71. The van der Waals surface area contributed by atoms with Gasteiger partial charge in [0, 0.05) is 38.1 Å². The van der Waals surface area contributed by atoms with E-state index in [1.165, 1.54) is 0 Å². The van der Waals surface area contributed by atoms with Crippen LogP contribution in [-0.2, 0) is 6.54 Å². The standard InChI is InChI=1S/C15H16ClN3OS/c16-14-4-2-1-3-13(14)15(20)19-7-5-18(6-8-19)9-12-10-21-11-17-12/h1-4,10-11H,5-9H2. The lowest BCUT2D eigenvalue weighted by Gasteiger charge is -2.34. The number of benzene rings is 1. The van der Waals surface area contributed by atoms with Crippen LogP contribution < -0.4 is 0 Å². The average Bonchev–Trinajstić information content (AvgIpc) is 3.01. The van der Waals surface area contributed by atoms with Crippen LogP contribution in [0.3, 0.4) is 0 Å². The second kappa shape index (κ2) is 6.56. The Kier molecular flexibility index (Phi) is 4.53. The minimum absolute atomic E-state index is 0.0221. The largest absolute Gasteiger partial charge is 0.336 e. The number of amides is 1. The van der Waals surface area contributed by atoms with Crippen LogP contribution in [0.5, 0.6) is 0 Å². The lowest BCUT2D eigenvalue weighted by atomic mass is 10.2. The molecule has 0 spiro atoms. The molecule has 0 atom stereocenters. The molecule has 4 nitrogen and oxygen atoms in total. The normalized spacial score (nSPS) is 16.1. The minimum atomic E-state index is 0.0221. The SMILES string of the molecule is O=C(c1ccccc1Cl)N1CCN(Cc2cscn2)CC1. The topological polar surface area (TPSA) is 36.4 Å². The van der Waals surface area contributed by atoms with Gasteiger partial charge in [0.05, 0.1) is 21.8 Å². The average molecular weight is 322 g/mol. The molecule has 0 N–H and O–H groups in total. The van der Waals surface area contributed by atoms with Crippen molar-refractivity contribution in [2.45, 2.75) is 6.54 Å². The van der Waals surface area contributed by atoms with Gasteiger partial charge in [0.2, 0.25) is 0 Å². The number of hydrogen-bond acceptors (Lipinski definition) is 4. The van der Waals surface area contributed by atoms with Crippen molar-refractivity contribution in [3.05, 3.63) is 51.4 Å². The van der Waals surface area contributed by atoms with Crippen molar-refractivity contribution in [1.29, 1.82) is 0 Å². The van der Waals surface area contributed by atoms with Gasteiger partial charge in [0.1, 0.15) is 0 Å². The molecule has 1 aromatic heterocycles. The highest BCUT2D eigenvalue weighted by Gasteiger charge is 2.23. The first-order valence-corrected chi connectivity index (χ1v) is 8.19. The van der Waals surface area contributed by atoms with E-state index in [9.17, 15) is 4.79 Å². The van der Waals surface area contributed by atoms with E-state index in [2.05, 4.69) is 15.3 Å². The molecule has 1 fully saturated rings. The summed E-state index contributed by atoms with van der Waals surface area (Å²) in [5, 5.41) is 2.59. The zero-order valence-electron chi connectivity index (χ0n) is 11.5. The molecule has 110 valence electrons. The summed E-state index contributed by atoms with van der Waals surface area (Å²) in [7, 11) is 0. The number of piperazine rings is 1. The quantitative estimate of drug-likeness (QED) is 0.872. The molecule has 2 aromatic rings. The summed E-state index contributed by atoms with van der Waals surface area (Å²) in [6, 6.07) is 7.22. The van der Waals surface area contributed by atoms with Gasteiger partial charge in [-0.25, -0.2) is 4.98 Å². The summed E-state index contributed by atoms with van der Waals surface area (Å²) in [4.78, 5) is 21.0. The van der Waals surface area contributed by atoms with Crippen LogP contribution in [0.2, 0.25) is 5.02 Å². The first kappa shape index (κ1) is 14.5. The van der Waals surface area contributed by atoms with Gasteiger partial charge >= 0.3 is 0 Å². The molecule has 1 aliphatic heterocycles. The van der Waals surface area contributed by atoms with E-state index >= 15 is 0 Å². The Labute approximate surface area is 133 Å². The van der Waals surface area contributed by atoms with Gasteiger partial charge in [0.25, 0.3) is 5.91 Å². The Balaban J connectivity index is 1.58. The van der Waals surface area contributed by atoms with Crippen LogP contribution in [0.1, 0.15) is 16.1 Å². The molecular formula is C15H16ClN3OS. The summed E-state index contributed by atoms with van der Waals surface area (Å²) in [6.45, 7) is 4.06. The third-order valence-electron chi connectivity index (χ3n) is 3.63. The van der Waals surface area contributed by atoms with Crippen molar-refractivity contribution in [2.24, 2.45) is 0 Å². The zero-order chi connectivity index (χ0) is 14.7. The number of carbonyl (C=O) groups is 1. The molecule has 0 aliphatic carbocycles. The number of hydrogen-bond donors (Lipinski definition) is 0. The molecule has 1 amide bonds. The zero-order valence-corrected chi connectivity index (χ0v) is 13.1. The Morgan fingerprint density at radius 2 is 2.00 bits per heavy atom. The van der Waals surface area contributed by atoms with E-state index in [1.54, 1.807) is 23.5 Å². The van der Waals surface area contributed by atoms with Crippen LogP contribution in [0, 0.1) is 0 Å². The summed E-state index contributed by atoms with van der Waals surface area (Å²) in [6.07, 6.45) is 0. The van der Waals surface area contributed by atoms with Crippen LogP contribution >= 0.6 is 22.9 Å². The van der Waals surface area contributed by atoms with Gasteiger partial charge in [-0.05, 0) is 12.1 Å². The van der Waals surface area contributed by atoms with Gasteiger partial charge in [-0.1, -0.05) is 23.7 Å². The molecule has 0 unspecified atom stereocenters. The fourth-order valence-electron chi connectivity index (χ4n) is 2.46. The highest BCUT2D eigenvalue weighted by molar-refractivity contribution is 7.07. The number of thiazole rings is 1. The third-order valence-corrected chi connectivity index (χ3v) is 4.60. The van der Waals surface area contributed by atoms with Gasteiger partial charge in [-0.2, -0.15) is 0 Å². The van der Waals surface area contributed by atoms with Crippen LogP contribution in [-0.4, -0.2) is 46.9 Å². The van der Waals surface area contributed by atoms with Gasteiger partial charge in [0.15, 0.2) is 0 Å². The molecule has 1 saturated heterocycles. The van der Waals surface area contributed by atoms with E-state index in [-0.39, 0.29) is 5.91 Å². The van der Waals surface area contributed by atoms with Crippen molar-refractivity contribution in [2.75, 3.05) is 26.2 Å². The second-order valence-corrected chi connectivity index (χ2v) is 6.15. The predicted octanol–water partition coefficient (Wildman–Crippen LogP) is 2.75. The van der Waals surface area contributed by atoms with Crippen molar-refractivity contribution < 1.29 is 4.79 Å². The first-order chi connectivity index (χ1) is 10.2. The van der Waals surface area contributed by atoms with E-state index in [0.717, 1.165) is 38.4 Å². The molecule has 3 rings (SSSR count). The van der Waals surface area contributed by atoms with Crippen molar-refractivity contribution in [1.82, 2.24) is 14.8 Å². The number of aromatic nitrogens is 1. The van der Waals surface area contributed by atoms with Gasteiger partial charge in [-0.15, -0.1) is 11.3 Å². The van der Waals surface area contributed by atoms with Gasteiger partial charge in [-0.3, -0.25) is 9.69 Å². The number of halogens is 1. The highest BCUT2D eigenvalue weighted by Crippen LogP contribution is 2.18. The molecule has 1 aliphatic rings. The van der Waals surface area contributed by atoms with Crippen molar-refractivity contribution >= 4 is 28.8 Å². The predicted molar refractivity (Wildman–Crippen MR) is 84.7 cm³/mol. The lowest BCUT2D eigenvalue weighted by Crippen LogP contribution is -2.48. The first-order valence-electron chi connectivity index (χ1n) is 6.87. The summed E-state index contributed by atoms with van der Waals surface area (Å²) in [5.74, 6) is 0.0221. The van der Waals surface area contributed by atoms with Crippen LogP contribution in [0.4, 0.5) is 0 Å².